The Kier molecular flexibility index (Phi) is 9.88. The molecule has 1 aliphatic rings. The van der Waals surface area contributed by atoms with Gasteiger partial charge in [0.2, 0.25) is 0 Å². The second kappa shape index (κ2) is 13.3. The molecule has 0 spiro atoms. The molecule has 0 fully saturated rings. The second-order valence-corrected chi connectivity index (χ2v) is 13.5. The quantitative estimate of drug-likeness (QED) is 0.272. The lowest BCUT2D eigenvalue weighted by molar-refractivity contribution is -0.114. The number of benzene rings is 1. The standard InChI is InChI=1S/C34H43FN6O5/c1-21(2)26-19-36-41-28(18-27(38-29(26)41)24-13-15-39(16-14-24)31(43)45-33(4,5)6)40(32(44)46-34(7,8)9)20-23-11-10-12-25(17-23)37-30(42)22(3)35/h10-13,17-19,21H,3,14-16,20H2,1-2,4-9H3,(H,37,42). The highest BCUT2D eigenvalue weighted by molar-refractivity contribution is 6.01. The number of carbonyl (C=O) groups is 3. The lowest BCUT2D eigenvalue weighted by atomic mass is 10.0. The lowest BCUT2D eigenvalue weighted by Crippen LogP contribution is -2.39. The molecule has 3 heterocycles. The summed E-state index contributed by atoms with van der Waals surface area (Å²) in [6.45, 7) is 18.8. The van der Waals surface area contributed by atoms with Crippen molar-refractivity contribution < 1.29 is 28.2 Å². The van der Waals surface area contributed by atoms with Gasteiger partial charge in [0.25, 0.3) is 5.91 Å². The third kappa shape index (κ3) is 8.49. The summed E-state index contributed by atoms with van der Waals surface area (Å²) in [7, 11) is 0. The summed E-state index contributed by atoms with van der Waals surface area (Å²) >= 11 is 0. The molecule has 0 atom stereocenters. The Bertz CT molecular complexity index is 1680. The molecule has 11 nitrogen and oxygen atoms in total. The Labute approximate surface area is 269 Å². The second-order valence-electron chi connectivity index (χ2n) is 13.5. The molecule has 0 unspecified atom stereocenters. The van der Waals surface area contributed by atoms with Crippen LogP contribution in [0.4, 0.5) is 25.5 Å². The van der Waals surface area contributed by atoms with Gasteiger partial charge in [-0.25, -0.2) is 19.0 Å². The van der Waals surface area contributed by atoms with E-state index in [9.17, 15) is 18.8 Å². The van der Waals surface area contributed by atoms with Crippen LogP contribution in [0.2, 0.25) is 0 Å². The molecule has 1 N–H and O–H groups in total. The van der Waals surface area contributed by atoms with Gasteiger partial charge in [0.05, 0.1) is 18.4 Å². The fraction of sp³-hybridized carbons (Fsp3) is 0.441. The molecular weight excluding hydrogens is 591 g/mol. The van der Waals surface area contributed by atoms with Crippen molar-refractivity contribution in [2.24, 2.45) is 0 Å². The Balaban J connectivity index is 1.79. The summed E-state index contributed by atoms with van der Waals surface area (Å²) in [5, 5.41) is 7.08. The van der Waals surface area contributed by atoms with Crippen molar-refractivity contribution in [2.75, 3.05) is 23.3 Å². The first-order valence-corrected chi connectivity index (χ1v) is 15.2. The predicted octanol–water partition coefficient (Wildman–Crippen LogP) is 7.24. The van der Waals surface area contributed by atoms with Crippen molar-refractivity contribution in [1.29, 1.82) is 0 Å². The molecule has 246 valence electrons. The fourth-order valence-corrected chi connectivity index (χ4v) is 4.81. The normalized spacial score (nSPS) is 13.8. The summed E-state index contributed by atoms with van der Waals surface area (Å²) in [4.78, 5) is 46.6. The van der Waals surface area contributed by atoms with E-state index in [0.717, 1.165) is 11.1 Å². The van der Waals surface area contributed by atoms with Gasteiger partial charge in [-0.15, -0.1) is 0 Å². The molecule has 4 rings (SSSR count). The lowest BCUT2D eigenvalue weighted by Gasteiger charge is -2.30. The molecule has 1 aliphatic heterocycles. The van der Waals surface area contributed by atoms with Gasteiger partial charge in [0.15, 0.2) is 11.5 Å². The molecule has 0 saturated carbocycles. The Morgan fingerprint density at radius 2 is 1.78 bits per heavy atom. The molecule has 0 bridgehead atoms. The zero-order chi connectivity index (χ0) is 34.0. The summed E-state index contributed by atoms with van der Waals surface area (Å²) < 4.78 is 26.4. The van der Waals surface area contributed by atoms with Gasteiger partial charge in [-0.2, -0.15) is 9.61 Å². The van der Waals surface area contributed by atoms with E-state index in [1.165, 1.54) is 4.90 Å². The Morgan fingerprint density at radius 3 is 2.37 bits per heavy atom. The maximum absolute atomic E-state index is 13.9. The molecule has 3 aromatic rings. The highest BCUT2D eigenvalue weighted by atomic mass is 19.1. The van der Waals surface area contributed by atoms with E-state index in [1.54, 1.807) is 66.7 Å². The molecule has 0 saturated heterocycles. The van der Waals surface area contributed by atoms with Gasteiger partial charge in [-0.05, 0) is 77.2 Å². The van der Waals surface area contributed by atoms with Crippen LogP contribution in [0.5, 0.6) is 0 Å². The average Bonchev–Trinajstić information content (AvgIpc) is 3.38. The maximum Gasteiger partial charge on any atom is 0.416 e. The third-order valence-electron chi connectivity index (χ3n) is 6.95. The molecule has 3 amide bonds. The van der Waals surface area contributed by atoms with E-state index in [4.69, 9.17) is 14.5 Å². The number of halogens is 1. The number of nitrogens with one attached hydrogen (secondary N) is 1. The van der Waals surface area contributed by atoms with Gasteiger partial charge in [0, 0.05) is 30.4 Å². The molecule has 0 aliphatic carbocycles. The monoisotopic (exact) mass is 634 g/mol. The molecule has 2 aromatic heterocycles. The SMILES string of the molecule is C=C(F)C(=O)Nc1cccc(CN(C(=O)OC(C)(C)C)c2cc(C3=CCN(C(=O)OC(C)(C)C)CC3)nc3c(C(C)C)cnn23)c1. The predicted molar refractivity (Wildman–Crippen MR) is 175 cm³/mol. The maximum atomic E-state index is 13.9. The number of anilines is 2. The summed E-state index contributed by atoms with van der Waals surface area (Å²) in [6.07, 6.45) is 3.22. The zero-order valence-corrected chi connectivity index (χ0v) is 27.8. The van der Waals surface area contributed by atoms with Crippen LogP contribution in [0.3, 0.4) is 0 Å². The van der Waals surface area contributed by atoms with Crippen molar-refractivity contribution >= 4 is 40.8 Å². The number of carbonyl (C=O) groups excluding carboxylic acids is 3. The number of rotatable bonds is 7. The Morgan fingerprint density at radius 1 is 1.09 bits per heavy atom. The van der Waals surface area contributed by atoms with Crippen LogP contribution in [0.15, 0.2) is 55.0 Å². The molecule has 12 heteroatoms. The van der Waals surface area contributed by atoms with Gasteiger partial charge >= 0.3 is 12.2 Å². The smallest absolute Gasteiger partial charge is 0.416 e. The van der Waals surface area contributed by atoms with Crippen LogP contribution in [0, 0.1) is 0 Å². The highest BCUT2D eigenvalue weighted by Gasteiger charge is 2.29. The summed E-state index contributed by atoms with van der Waals surface area (Å²) in [5.74, 6) is -1.55. The van der Waals surface area contributed by atoms with E-state index in [0.29, 0.717) is 47.9 Å². The molecule has 0 radical (unpaired) electrons. The van der Waals surface area contributed by atoms with Crippen LogP contribution in [0.1, 0.15) is 84.5 Å². The summed E-state index contributed by atoms with van der Waals surface area (Å²) in [5.41, 5.74) is 2.63. The first-order chi connectivity index (χ1) is 21.4. The first-order valence-electron chi connectivity index (χ1n) is 15.2. The number of fused-ring (bicyclic) bond motifs is 1. The first kappa shape index (κ1) is 34.1. The zero-order valence-electron chi connectivity index (χ0n) is 27.8. The minimum atomic E-state index is -1.11. The van der Waals surface area contributed by atoms with Crippen molar-refractivity contribution in [2.45, 2.75) is 85.5 Å². The average molecular weight is 635 g/mol. The molecule has 1 aromatic carbocycles. The number of nitrogens with zero attached hydrogens (tertiary/aromatic N) is 5. The third-order valence-corrected chi connectivity index (χ3v) is 6.95. The minimum Gasteiger partial charge on any atom is -0.444 e. The van der Waals surface area contributed by atoms with Crippen molar-refractivity contribution in [1.82, 2.24) is 19.5 Å². The van der Waals surface area contributed by atoms with Gasteiger partial charge in [-0.1, -0.05) is 38.6 Å². The molecule has 46 heavy (non-hydrogen) atoms. The number of ether oxygens (including phenoxy) is 2. The Hall–Kier alpha value is -4.74. The van der Waals surface area contributed by atoms with E-state index in [-0.39, 0.29) is 18.6 Å². The van der Waals surface area contributed by atoms with E-state index < -0.39 is 29.0 Å². The summed E-state index contributed by atoms with van der Waals surface area (Å²) in [6, 6.07) is 8.54. The fourth-order valence-electron chi connectivity index (χ4n) is 4.81. The van der Waals surface area contributed by atoms with Crippen LogP contribution in [-0.2, 0) is 20.8 Å². The van der Waals surface area contributed by atoms with Gasteiger partial charge < -0.3 is 19.7 Å². The van der Waals surface area contributed by atoms with Gasteiger partial charge in [0.1, 0.15) is 17.0 Å². The topological polar surface area (TPSA) is 118 Å². The van der Waals surface area contributed by atoms with Crippen LogP contribution >= 0.6 is 0 Å². The number of hydrogen-bond acceptors (Lipinski definition) is 7. The number of aromatic nitrogens is 3. The largest absolute Gasteiger partial charge is 0.444 e. The van der Waals surface area contributed by atoms with Crippen LogP contribution < -0.4 is 10.2 Å². The van der Waals surface area contributed by atoms with Crippen LogP contribution in [0.25, 0.3) is 11.2 Å². The van der Waals surface area contributed by atoms with E-state index in [2.05, 4.69) is 17.0 Å². The van der Waals surface area contributed by atoms with Crippen molar-refractivity contribution in [3.05, 3.63) is 71.8 Å². The number of amides is 3. The van der Waals surface area contributed by atoms with Gasteiger partial charge in [-0.3, -0.25) is 9.69 Å². The minimum absolute atomic E-state index is 0.0378. The van der Waals surface area contributed by atoms with Crippen molar-refractivity contribution in [3.8, 4) is 0 Å². The van der Waals surface area contributed by atoms with Crippen LogP contribution in [-0.4, -0.2) is 61.9 Å². The highest BCUT2D eigenvalue weighted by Crippen LogP contribution is 2.31. The van der Waals surface area contributed by atoms with Crippen molar-refractivity contribution in [3.63, 3.8) is 0 Å². The molecular formula is C34H43FN6O5. The number of hydrogen-bond donors (Lipinski definition) is 1. The van der Waals surface area contributed by atoms with E-state index >= 15 is 0 Å². The van der Waals surface area contributed by atoms with E-state index in [1.807, 2.05) is 40.7 Å².